The molecule has 5 heterocycles. The zero-order valence-electron chi connectivity index (χ0n) is 21.7. The minimum Gasteiger partial charge on any atom is -0.394 e. The van der Waals surface area contributed by atoms with Gasteiger partial charge in [-0.1, -0.05) is 55.5 Å². The summed E-state index contributed by atoms with van der Waals surface area (Å²) in [6.07, 6.45) is 7.93. The average molecular weight is 537 g/mol. The number of rotatable bonds is 5. The Bertz CT molecular complexity index is 1360. The number of carbonyl (C=O) groups excluding carboxylic acids is 3. The molecule has 6 atom stereocenters. The molecule has 1 unspecified atom stereocenters. The van der Waals surface area contributed by atoms with Crippen LogP contribution in [0.15, 0.2) is 48.6 Å². The first-order valence-electron chi connectivity index (χ1n) is 13.1. The van der Waals surface area contributed by atoms with E-state index in [1.54, 1.807) is 38.2 Å². The van der Waals surface area contributed by atoms with Crippen LogP contribution in [0.3, 0.4) is 0 Å². The normalized spacial score (nSPS) is 31.6. The molecule has 4 aliphatic rings. The number of para-hydroxylation sites is 1. The second kappa shape index (κ2) is 9.23. The molecule has 6 rings (SSSR count). The fourth-order valence-corrected chi connectivity index (χ4v) is 8.53. The number of benzene rings is 1. The number of hydrogen-bond donors (Lipinski definition) is 1. The standard InChI is InChI=1S/C27H32N6O4S/c1-16(2)19(14-34)33-23-26(37)31(15-32-18-9-5-4-8-17(18)28-29-32)13-7-11-27(23)22(25(33)36)21-20(38-27)10-6-12-30(3)24(21)35/h4-11,16,19-23,34H,12-15H2,1-3H3/t19-,20+,21-,22-,23?,27-/m0/s1. The second-order valence-electron chi connectivity index (χ2n) is 10.9. The van der Waals surface area contributed by atoms with Gasteiger partial charge in [0.2, 0.25) is 17.7 Å². The van der Waals surface area contributed by atoms with E-state index in [0.717, 1.165) is 11.0 Å². The highest BCUT2D eigenvalue weighted by Crippen LogP contribution is 2.61. The lowest BCUT2D eigenvalue weighted by atomic mass is 9.78. The third-order valence-electron chi connectivity index (χ3n) is 8.42. The highest BCUT2D eigenvalue weighted by atomic mass is 32.2. The second-order valence-corrected chi connectivity index (χ2v) is 12.4. The number of fused-ring (bicyclic) bond motifs is 3. The molecule has 11 heteroatoms. The molecule has 0 bridgehead atoms. The number of nitrogens with zero attached hydrogens (tertiary/aromatic N) is 6. The first-order chi connectivity index (χ1) is 18.3. The third kappa shape index (κ3) is 3.54. The number of thioether (sulfide) groups is 1. The maximum atomic E-state index is 14.5. The van der Waals surface area contributed by atoms with E-state index in [9.17, 15) is 19.5 Å². The Kier molecular flexibility index (Phi) is 6.10. The van der Waals surface area contributed by atoms with Crippen molar-refractivity contribution in [1.29, 1.82) is 0 Å². The first-order valence-corrected chi connectivity index (χ1v) is 13.9. The lowest BCUT2D eigenvalue weighted by molar-refractivity contribution is -0.148. The van der Waals surface area contributed by atoms with Crippen LogP contribution < -0.4 is 0 Å². The van der Waals surface area contributed by atoms with Crippen molar-refractivity contribution < 1.29 is 19.5 Å². The van der Waals surface area contributed by atoms with Gasteiger partial charge in [-0.2, -0.15) is 0 Å². The molecule has 1 spiro atoms. The van der Waals surface area contributed by atoms with Crippen LogP contribution in [-0.4, -0.2) is 101 Å². The molecule has 3 amide bonds. The zero-order valence-corrected chi connectivity index (χ0v) is 22.5. The van der Waals surface area contributed by atoms with Crippen molar-refractivity contribution in [3.8, 4) is 0 Å². The summed E-state index contributed by atoms with van der Waals surface area (Å²) in [6, 6.07) is 6.17. The summed E-state index contributed by atoms with van der Waals surface area (Å²) in [7, 11) is 1.75. The van der Waals surface area contributed by atoms with Gasteiger partial charge in [-0.05, 0) is 18.1 Å². The molecular weight excluding hydrogens is 504 g/mol. The van der Waals surface area contributed by atoms with E-state index in [1.165, 1.54) is 0 Å². The molecule has 38 heavy (non-hydrogen) atoms. The van der Waals surface area contributed by atoms with Crippen molar-refractivity contribution in [1.82, 2.24) is 29.7 Å². The van der Waals surface area contributed by atoms with Crippen LogP contribution in [-0.2, 0) is 21.1 Å². The van der Waals surface area contributed by atoms with Crippen molar-refractivity contribution in [3.05, 3.63) is 48.6 Å². The quantitative estimate of drug-likeness (QED) is 0.570. The molecule has 0 saturated carbocycles. The summed E-state index contributed by atoms with van der Waals surface area (Å²) in [5.41, 5.74) is 1.55. The van der Waals surface area contributed by atoms with E-state index in [-0.39, 0.29) is 42.2 Å². The summed E-state index contributed by atoms with van der Waals surface area (Å²) in [5, 5.41) is 18.7. The maximum Gasteiger partial charge on any atom is 0.248 e. The number of likely N-dealkylation sites (N-methyl/N-ethyl adjacent to an activating group) is 1. The van der Waals surface area contributed by atoms with Crippen LogP contribution in [0, 0.1) is 17.8 Å². The van der Waals surface area contributed by atoms with Gasteiger partial charge in [-0.15, -0.1) is 16.9 Å². The predicted octanol–water partition coefficient (Wildman–Crippen LogP) is 1.13. The molecule has 0 aliphatic carbocycles. The van der Waals surface area contributed by atoms with E-state index in [0.29, 0.717) is 13.1 Å². The SMILES string of the molecule is CC(C)[C@H](CO)N1C(=O)[C@@H]2[C@H]3C(=O)N(C)CC=C[C@H]3S[C@@]23C=CCN(Cn2nnc4ccccc42)C(=O)C13. The topological polar surface area (TPSA) is 112 Å². The fraction of sp³-hybridized carbons (Fsp3) is 0.519. The van der Waals surface area contributed by atoms with Gasteiger partial charge in [0.25, 0.3) is 0 Å². The minimum atomic E-state index is -0.914. The number of hydrogen-bond acceptors (Lipinski definition) is 7. The molecule has 0 radical (unpaired) electrons. The lowest BCUT2D eigenvalue weighted by Gasteiger charge is -2.39. The number of amides is 3. The van der Waals surface area contributed by atoms with Crippen molar-refractivity contribution in [2.24, 2.45) is 17.8 Å². The highest BCUT2D eigenvalue weighted by molar-refractivity contribution is 8.02. The summed E-state index contributed by atoms with van der Waals surface area (Å²) < 4.78 is 0.778. The molecule has 4 aliphatic heterocycles. The number of aliphatic hydroxyl groups is 1. The molecular formula is C27H32N6O4S. The number of aliphatic hydroxyl groups excluding tert-OH is 1. The number of likely N-dealkylation sites (tertiary alicyclic amines) is 1. The Morgan fingerprint density at radius 1 is 1.11 bits per heavy atom. The maximum absolute atomic E-state index is 14.5. The summed E-state index contributed by atoms with van der Waals surface area (Å²) in [5.74, 6) is -1.87. The Morgan fingerprint density at radius 3 is 2.66 bits per heavy atom. The highest BCUT2D eigenvalue weighted by Gasteiger charge is 2.71. The van der Waals surface area contributed by atoms with Crippen LogP contribution in [0.25, 0.3) is 11.0 Å². The van der Waals surface area contributed by atoms with Gasteiger partial charge in [0.05, 0.1) is 34.7 Å². The van der Waals surface area contributed by atoms with Gasteiger partial charge in [0.15, 0.2) is 0 Å². The lowest BCUT2D eigenvalue weighted by Crippen LogP contribution is -2.57. The largest absolute Gasteiger partial charge is 0.394 e. The number of carbonyl (C=O) groups is 3. The van der Waals surface area contributed by atoms with E-state index in [2.05, 4.69) is 10.3 Å². The van der Waals surface area contributed by atoms with Crippen LogP contribution in [0.2, 0.25) is 0 Å². The molecule has 2 aromatic rings. The van der Waals surface area contributed by atoms with E-state index in [4.69, 9.17) is 0 Å². The van der Waals surface area contributed by atoms with Crippen molar-refractivity contribution in [2.75, 3.05) is 26.7 Å². The van der Waals surface area contributed by atoms with Gasteiger partial charge in [-0.3, -0.25) is 14.4 Å². The van der Waals surface area contributed by atoms with E-state index >= 15 is 0 Å². The van der Waals surface area contributed by atoms with Crippen molar-refractivity contribution >= 4 is 40.5 Å². The van der Waals surface area contributed by atoms with Gasteiger partial charge in [-0.25, -0.2) is 4.68 Å². The van der Waals surface area contributed by atoms with Crippen molar-refractivity contribution in [3.63, 3.8) is 0 Å². The van der Waals surface area contributed by atoms with Crippen LogP contribution in [0.4, 0.5) is 0 Å². The van der Waals surface area contributed by atoms with Gasteiger partial charge in [0, 0.05) is 25.4 Å². The van der Waals surface area contributed by atoms with Crippen LogP contribution >= 0.6 is 11.8 Å². The smallest absolute Gasteiger partial charge is 0.248 e. The van der Waals surface area contributed by atoms with Crippen molar-refractivity contribution in [2.45, 2.75) is 42.6 Å². The minimum absolute atomic E-state index is 0.0792. The Morgan fingerprint density at radius 2 is 1.89 bits per heavy atom. The molecule has 1 aromatic carbocycles. The average Bonchev–Trinajstić information content (AvgIpc) is 3.45. The third-order valence-corrected chi connectivity index (χ3v) is 10.2. The summed E-state index contributed by atoms with van der Waals surface area (Å²) in [4.78, 5) is 47.3. The monoisotopic (exact) mass is 536 g/mol. The Balaban J connectivity index is 1.45. The zero-order chi connectivity index (χ0) is 26.8. The molecule has 2 saturated heterocycles. The van der Waals surface area contributed by atoms with Gasteiger partial charge in [0.1, 0.15) is 18.2 Å². The summed E-state index contributed by atoms with van der Waals surface area (Å²) in [6.45, 7) is 4.62. The Labute approximate surface area is 225 Å². The molecule has 1 N–H and O–H groups in total. The molecule has 10 nitrogen and oxygen atoms in total. The van der Waals surface area contributed by atoms with Crippen LogP contribution in [0.5, 0.6) is 0 Å². The number of aromatic nitrogens is 3. The van der Waals surface area contributed by atoms with E-state index < -0.39 is 28.7 Å². The molecule has 200 valence electrons. The first kappa shape index (κ1) is 25.1. The van der Waals surface area contributed by atoms with Gasteiger partial charge >= 0.3 is 0 Å². The Hall–Kier alpha value is -3.18. The van der Waals surface area contributed by atoms with Crippen LogP contribution in [0.1, 0.15) is 13.8 Å². The predicted molar refractivity (Wildman–Crippen MR) is 143 cm³/mol. The van der Waals surface area contributed by atoms with E-state index in [1.807, 2.05) is 62.4 Å². The molecule has 2 fully saturated rings. The molecule has 1 aromatic heterocycles. The fourth-order valence-electron chi connectivity index (χ4n) is 6.54. The van der Waals surface area contributed by atoms with Gasteiger partial charge < -0.3 is 19.8 Å². The summed E-state index contributed by atoms with van der Waals surface area (Å²) >= 11 is 1.54.